The van der Waals surface area contributed by atoms with Gasteiger partial charge in [0.2, 0.25) is 0 Å². The van der Waals surface area contributed by atoms with E-state index >= 15 is 0 Å². The number of thiazole rings is 1. The Morgan fingerprint density at radius 2 is 2.05 bits per heavy atom. The van der Waals surface area contributed by atoms with Crippen LogP contribution >= 0.6 is 27.3 Å². The Balaban J connectivity index is 2.01. The van der Waals surface area contributed by atoms with Gasteiger partial charge < -0.3 is 5.73 Å². The molecule has 0 amide bonds. The highest BCUT2D eigenvalue weighted by atomic mass is 79.9. The van der Waals surface area contributed by atoms with Crippen LogP contribution in [0.5, 0.6) is 0 Å². The van der Waals surface area contributed by atoms with Crippen molar-refractivity contribution in [3.63, 3.8) is 0 Å². The summed E-state index contributed by atoms with van der Waals surface area (Å²) in [6, 6.07) is 12.8. The molecule has 5 heteroatoms. The Kier molecular flexibility index (Phi) is 4.14. The van der Waals surface area contributed by atoms with Crippen LogP contribution in [-0.2, 0) is 6.54 Å². The lowest BCUT2D eigenvalue weighted by Gasteiger charge is -2.01. The number of nitrogens with two attached hydrogens (primary N) is 1. The summed E-state index contributed by atoms with van der Waals surface area (Å²) in [5, 5.41) is 2.73. The molecule has 106 valence electrons. The first-order chi connectivity index (χ1) is 10.2. The summed E-state index contributed by atoms with van der Waals surface area (Å²) < 4.78 is 14.7. The largest absolute Gasteiger partial charge is 0.326 e. The topological polar surface area (TPSA) is 38.9 Å². The highest BCUT2D eigenvalue weighted by Crippen LogP contribution is 2.31. The minimum absolute atomic E-state index is 0.272. The van der Waals surface area contributed by atoms with E-state index < -0.39 is 0 Å². The Morgan fingerprint density at radius 3 is 2.86 bits per heavy atom. The zero-order valence-electron chi connectivity index (χ0n) is 11.0. The predicted molar refractivity (Wildman–Crippen MR) is 88.5 cm³/mol. The third-order valence-electron chi connectivity index (χ3n) is 3.12. The van der Waals surface area contributed by atoms with E-state index in [0.717, 1.165) is 20.6 Å². The van der Waals surface area contributed by atoms with E-state index in [-0.39, 0.29) is 5.82 Å². The minimum atomic E-state index is -0.272. The third-order valence-corrected chi connectivity index (χ3v) is 4.50. The van der Waals surface area contributed by atoms with Crippen molar-refractivity contribution < 1.29 is 4.39 Å². The molecule has 3 rings (SSSR count). The highest BCUT2D eigenvalue weighted by molar-refractivity contribution is 9.10. The monoisotopic (exact) mass is 362 g/mol. The van der Waals surface area contributed by atoms with Crippen molar-refractivity contribution in [2.24, 2.45) is 5.73 Å². The van der Waals surface area contributed by atoms with Gasteiger partial charge in [-0.15, -0.1) is 11.3 Å². The molecule has 0 saturated carbocycles. The van der Waals surface area contributed by atoms with Gasteiger partial charge in [-0.25, -0.2) is 9.37 Å². The molecule has 0 aliphatic rings. The summed E-state index contributed by atoms with van der Waals surface area (Å²) in [6.45, 7) is 0.492. The van der Waals surface area contributed by atoms with Crippen LogP contribution in [0.25, 0.3) is 21.8 Å². The minimum Gasteiger partial charge on any atom is -0.326 e. The summed E-state index contributed by atoms with van der Waals surface area (Å²) in [6.07, 6.45) is 0. The smallest absolute Gasteiger partial charge is 0.132 e. The van der Waals surface area contributed by atoms with Crippen LogP contribution in [-0.4, -0.2) is 4.98 Å². The first-order valence-electron chi connectivity index (χ1n) is 6.37. The van der Waals surface area contributed by atoms with Gasteiger partial charge in [-0.2, -0.15) is 0 Å². The molecule has 3 aromatic rings. The van der Waals surface area contributed by atoms with E-state index in [4.69, 9.17) is 5.73 Å². The molecule has 0 aliphatic carbocycles. The van der Waals surface area contributed by atoms with E-state index in [2.05, 4.69) is 20.9 Å². The standard InChI is InChI=1S/C16H12BrFN2S/c17-12-4-5-14(18)13(7-12)15-9-21-16(20-15)11-3-1-2-10(6-11)8-19/h1-7,9H,8,19H2. The zero-order valence-corrected chi connectivity index (χ0v) is 13.4. The quantitative estimate of drug-likeness (QED) is 0.723. The normalized spacial score (nSPS) is 10.8. The molecule has 0 aliphatic heterocycles. The SMILES string of the molecule is NCc1cccc(-c2nc(-c3cc(Br)ccc3F)cs2)c1. The van der Waals surface area contributed by atoms with Crippen molar-refractivity contribution in [3.05, 3.63) is 63.7 Å². The van der Waals surface area contributed by atoms with Crippen LogP contribution < -0.4 is 5.73 Å². The Morgan fingerprint density at radius 1 is 1.19 bits per heavy atom. The molecule has 0 bridgehead atoms. The summed E-state index contributed by atoms with van der Waals surface area (Å²) in [5.74, 6) is -0.272. The third kappa shape index (κ3) is 3.05. The van der Waals surface area contributed by atoms with Gasteiger partial charge in [0.1, 0.15) is 10.8 Å². The van der Waals surface area contributed by atoms with Crippen LogP contribution in [0.15, 0.2) is 52.3 Å². The Labute approximate surface area is 134 Å². The first-order valence-corrected chi connectivity index (χ1v) is 8.05. The lowest BCUT2D eigenvalue weighted by Crippen LogP contribution is -1.95. The summed E-state index contributed by atoms with van der Waals surface area (Å²) in [4.78, 5) is 4.54. The molecule has 0 saturated heterocycles. The van der Waals surface area contributed by atoms with Gasteiger partial charge >= 0.3 is 0 Å². The maximum atomic E-state index is 13.9. The molecule has 0 atom stereocenters. The van der Waals surface area contributed by atoms with Crippen molar-refractivity contribution in [2.45, 2.75) is 6.54 Å². The molecule has 2 N–H and O–H groups in total. The molecule has 0 spiro atoms. The van der Waals surface area contributed by atoms with Gasteiger partial charge in [0.05, 0.1) is 5.69 Å². The molecule has 1 heterocycles. The van der Waals surface area contributed by atoms with Gasteiger partial charge in [-0.05, 0) is 29.8 Å². The second-order valence-corrected chi connectivity index (χ2v) is 6.34. The highest BCUT2D eigenvalue weighted by Gasteiger charge is 2.11. The van der Waals surface area contributed by atoms with E-state index in [1.807, 2.05) is 29.6 Å². The summed E-state index contributed by atoms with van der Waals surface area (Å²) in [7, 11) is 0. The maximum Gasteiger partial charge on any atom is 0.132 e. The first kappa shape index (κ1) is 14.4. The predicted octanol–water partition coefficient (Wildman–Crippen LogP) is 4.84. The van der Waals surface area contributed by atoms with Gasteiger partial charge in [0.25, 0.3) is 0 Å². The molecular formula is C16H12BrFN2S. The second kappa shape index (κ2) is 6.05. The van der Waals surface area contributed by atoms with Crippen LogP contribution in [0.3, 0.4) is 0 Å². The van der Waals surface area contributed by atoms with Crippen LogP contribution in [0.2, 0.25) is 0 Å². The van der Waals surface area contributed by atoms with Crippen molar-refractivity contribution in [2.75, 3.05) is 0 Å². The van der Waals surface area contributed by atoms with E-state index in [1.165, 1.54) is 17.4 Å². The molecule has 0 radical (unpaired) electrons. The molecule has 21 heavy (non-hydrogen) atoms. The van der Waals surface area contributed by atoms with Gasteiger partial charge in [-0.3, -0.25) is 0 Å². The fourth-order valence-electron chi connectivity index (χ4n) is 2.06. The van der Waals surface area contributed by atoms with Gasteiger partial charge in [0.15, 0.2) is 0 Å². The van der Waals surface area contributed by atoms with Gasteiger partial charge in [-0.1, -0.05) is 34.1 Å². The Hall–Kier alpha value is -1.56. The number of hydrogen-bond acceptors (Lipinski definition) is 3. The van der Waals surface area contributed by atoms with Crippen molar-refractivity contribution in [3.8, 4) is 21.8 Å². The summed E-state index contributed by atoms with van der Waals surface area (Å²) >= 11 is 4.86. The fourth-order valence-corrected chi connectivity index (χ4v) is 3.23. The van der Waals surface area contributed by atoms with Crippen LogP contribution in [0, 0.1) is 5.82 Å². The van der Waals surface area contributed by atoms with E-state index in [1.54, 1.807) is 12.1 Å². The number of halogens is 2. The summed E-state index contributed by atoms with van der Waals surface area (Å²) in [5.41, 5.74) is 8.86. The zero-order chi connectivity index (χ0) is 14.8. The lowest BCUT2D eigenvalue weighted by atomic mass is 10.1. The average molecular weight is 363 g/mol. The number of hydrogen-bond donors (Lipinski definition) is 1. The molecule has 2 nitrogen and oxygen atoms in total. The Bertz CT molecular complexity index is 785. The van der Waals surface area contributed by atoms with Crippen molar-refractivity contribution in [1.82, 2.24) is 4.98 Å². The van der Waals surface area contributed by atoms with Crippen LogP contribution in [0.4, 0.5) is 4.39 Å². The number of aromatic nitrogens is 1. The van der Waals surface area contributed by atoms with Crippen molar-refractivity contribution >= 4 is 27.3 Å². The van der Waals surface area contributed by atoms with E-state index in [9.17, 15) is 4.39 Å². The van der Waals surface area contributed by atoms with Gasteiger partial charge in [0, 0.05) is 27.5 Å². The molecular weight excluding hydrogens is 351 g/mol. The number of nitrogens with zero attached hydrogens (tertiary/aromatic N) is 1. The molecule has 0 unspecified atom stereocenters. The van der Waals surface area contributed by atoms with Crippen molar-refractivity contribution in [1.29, 1.82) is 0 Å². The number of rotatable bonds is 3. The molecule has 0 fully saturated rings. The fraction of sp³-hybridized carbons (Fsp3) is 0.0625. The molecule has 2 aromatic carbocycles. The van der Waals surface area contributed by atoms with Crippen LogP contribution in [0.1, 0.15) is 5.56 Å². The van der Waals surface area contributed by atoms with E-state index in [0.29, 0.717) is 17.8 Å². The maximum absolute atomic E-state index is 13.9. The number of benzene rings is 2. The lowest BCUT2D eigenvalue weighted by molar-refractivity contribution is 0.630. The second-order valence-electron chi connectivity index (χ2n) is 4.57. The average Bonchev–Trinajstić information content (AvgIpc) is 2.99. The molecule has 1 aromatic heterocycles.